The van der Waals surface area contributed by atoms with Gasteiger partial charge < -0.3 is 9.47 Å². The van der Waals surface area contributed by atoms with Gasteiger partial charge in [-0.2, -0.15) is 9.78 Å². The summed E-state index contributed by atoms with van der Waals surface area (Å²) in [5.41, 5.74) is 0. The number of quaternary nitrogens is 1. The lowest BCUT2D eigenvalue weighted by Crippen LogP contribution is -3.12. The van der Waals surface area contributed by atoms with Gasteiger partial charge in [-0.15, -0.1) is 0 Å². The van der Waals surface area contributed by atoms with Crippen molar-refractivity contribution in [3.05, 3.63) is 10.6 Å². The van der Waals surface area contributed by atoms with Gasteiger partial charge in [0.1, 0.15) is 5.82 Å². The Morgan fingerprint density at radius 2 is 2.05 bits per heavy atom. The van der Waals surface area contributed by atoms with Crippen LogP contribution in [0.5, 0.6) is 0 Å². The first-order valence-corrected chi connectivity index (χ1v) is 10.3. The van der Waals surface area contributed by atoms with Gasteiger partial charge in [0.25, 0.3) is 0 Å². The van der Waals surface area contributed by atoms with E-state index in [1.807, 2.05) is 16.3 Å². The maximum atomic E-state index is 11.6. The Labute approximate surface area is 137 Å². The van der Waals surface area contributed by atoms with E-state index in [0.717, 1.165) is 23.7 Å². The first kappa shape index (κ1) is 16.1. The fourth-order valence-electron chi connectivity index (χ4n) is 3.53. The van der Waals surface area contributed by atoms with Crippen molar-refractivity contribution in [1.82, 2.24) is 14.3 Å². The predicted molar refractivity (Wildman–Crippen MR) is 87.0 cm³/mol. The molecule has 2 saturated heterocycles. The normalized spacial score (nSPS) is 25.6. The van der Waals surface area contributed by atoms with Crippen molar-refractivity contribution in [3.8, 4) is 0 Å². The van der Waals surface area contributed by atoms with Gasteiger partial charge in [0.15, 0.2) is 16.5 Å². The van der Waals surface area contributed by atoms with E-state index in [0.29, 0.717) is 17.9 Å². The van der Waals surface area contributed by atoms with Crippen molar-refractivity contribution in [3.63, 3.8) is 0 Å². The molecule has 1 aromatic rings. The molecule has 124 valence electrons. The molecule has 0 aromatic carbocycles. The summed E-state index contributed by atoms with van der Waals surface area (Å²) in [7, 11) is -0.888. The molecule has 2 aliphatic rings. The minimum atomic E-state index is -2.83. The maximum Gasteiger partial charge on any atom is 0.202 e. The zero-order valence-corrected chi connectivity index (χ0v) is 14.8. The number of nitrogens with one attached hydrogen (secondary N) is 1. The molecule has 3 rings (SSSR count). The highest BCUT2D eigenvalue weighted by atomic mass is 32.2. The van der Waals surface area contributed by atoms with Gasteiger partial charge in [-0.1, -0.05) is 0 Å². The standard InChI is InChI=1S/C14H24N4O2S2/c1-16-13(9-12-5-8-22(19,20)10-12)15-18(14(16)21)11-17-6-3-2-4-7-17/h12H,2-11H2,1H3/p+1/t12-/m1/s1. The summed E-state index contributed by atoms with van der Waals surface area (Å²) in [6, 6.07) is 0. The van der Waals surface area contributed by atoms with Crippen molar-refractivity contribution in [2.45, 2.75) is 38.8 Å². The molecular weight excluding hydrogens is 320 g/mol. The Kier molecular flexibility index (Phi) is 4.70. The number of piperidine rings is 1. The summed E-state index contributed by atoms with van der Waals surface area (Å²) in [4.78, 5) is 1.54. The van der Waals surface area contributed by atoms with E-state index >= 15 is 0 Å². The number of nitrogens with zero attached hydrogens (tertiary/aromatic N) is 3. The predicted octanol–water partition coefficient (Wildman–Crippen LogP) is -0.0454. The van der Waals surface area contributed by atoms with Crippen molar-refractivity contribution in [2.75, 3.05) is 24.6 Å². The third kappa shape index (κ3) is 3.60. The van der Waals surface area contributed by atoms with E-state index < -0.39 is 9.84 Å². The molecule has 0 saturated carbocycles. The Balaban J connectivity index is 1.70. The molecule has 0 radical (unpaired) electrons. The van der Waals surface area contributed by atoms with Crippen molar-refractivity contribution < 1.29 is 13.3 Å². The minimum absolute atomic E-state index is 0.191. The van der Waals surface area contributed by atoms with Crippen LogP contribution < -0.4 is 4.90 Å². The minimum Gasteiger partial charge on any atom is -0.316 e. The van der Waals surface area contributed by atoms with Gasteiger partial charge in [-0.05, 0) is 43.8 Å². The lowest BCUT2D eigenvalue weighted by Gasteiger charge is -2.22. The van der Waals surface area contributed by atoms with E-state index in [4.69, 9.17) is 12.2 Å². The third-order valence-electron chi connectivity index (χ3n) is 4.86. The molecule has 0 bridgehead atoms. The summed E-state index contributed by atoms with van der Waals surface area (Å²) in [5.74, 6) is 1.73. The summed E-state index contributed by atoms with van der Waals surface area (Å²) in [6.45, 7) is 3.21. The van der Waals surface area contributed by atoms with E-state index in [1.165, 1.54) is 37.3 Å². The molecule has 0 spiro atoms. The largest absolute Gasteiger partial charge is 0.316 e. The van der Waals surface area contributed by atoms with Crippen LogP contribution in [0, 0.1) is 10.7 Å². The van der Waals surface area contributed by atoms with Crippen molar-refractivity contribution in [2.24, 2.45) is 13.0 Å². The summed E-state index contributed by atoms with van der Waals surface area (Å²) in [6.07, 6.45) is 5.35. The first-order chi connectivity index (χ1) is 10.4. The van der Waals surface area contributed by atoms with E-state index in [2.05, 4.69) is 5.10 Å². The highest BCUT2D eigenvalue weighted by Crippen LogP contribution is 2.21. The number of likely N-dealkylation sites (tertiary alicyclic amines) is 1. The van der Waals surface area contributed by atoms with Crippen LogP contribution in [-0.4, -0.2) is 47.4 Å². The average molecular weight is 346 g/mol. The lowest BCUT2D eigenvalue weighted by atomic mass is 10.1. The SMILES string of the molecule is Cn1c(C[C@H]2CCS(=O)(=O)C2)nn(C[NH+]2CCCCC2)c1=S. The monoisotopic (exact) mass is 345 g/mol. The highest BCUT2D eigenvalue weighted by Gasteiger charge is 2.29. The fraction of sp³-hybridized carbons (Fsp3) is 0.857. The zero-order valence-electron chi connectivity index (χ0n) is 13.1. The van der Waals surface area contributed by atoms with Crippen LogP contribution in [0.1, 0.15) is 31.5 Å². The Morgan fingerprint density at radius 1 is 1.32 bits per heavy atom. The quantitative estimate of drug-likeness (QED) is 0.778. The smallest absolute Gasteiger partial charge is 0.202 e. The Hall–Kier alpha value is -0.730. The number of sulfone groups is 1. The van der Waals surface area contributed by atoms with Gasteiger partial charge in [0.2, 0.25) is 4.77 Å². The maximum absolute atomic E-state index is 11.6. The molecule has 2 aliphatic heterocycles. The number of hydrogen-bond acceptors (Lipinski definition) is 4. The molecule has 1 N–H and O–H groups in total. The second-order valence-corrected chi connectivity index (χ2v) is 9.29. The van der Waals surface area contributed by atoms with Gasteiger partial charge in [0.05, 0.1) is 24.6 Å². The number of aromatic nitrogens is 3. The molecule has 22 heavy (non-hydrogen) atoms. The van der Waals surface area contributed by atoms with Crippen LogP contribution in [0.2, 0.25) is 0 Å². The molecule has 6 nitrogen and oxygen atoms in total. The fourth-order valence-corrected chi connectivity index (χ4v) is 5.60. The van der Waals surface area contributed by atoms with Gasteiger partial charge in [-0.3, -0.25) is 0 Å². The Bertz CT molecular complexity index is 686. The molecule has 0 unspecified atom stereocenters. The highest BCUT2D eigenvalue weighted by molar-refractivity contribution is 7.91. The molecule has 1 atom stereocenters. The third-order valence-corrected chi connectivity index (χ3v) is 7.18. The second kappa shape index (κ2) is 6.41. The molecule has 0 aliphatic carbocycles. The zero-order chi connectivity index (χ0) is 15.7. The molecule has 2 fully saturated rings. The molecule has 1 aromatic heterocycles. The van der Waals surface area contributed by atoms with Crippen LogP contribution in [0.4, 0.5) is 0 Å². The van der Waals surface area contributed by atoms with Gasteiger partial charge in [0, 0.05) is 13.5 Å². The number of hydrogen-bond donors (Lipinski definition) is 1. The van der Waals surface area contributed by atoms with Crippen molar-refractivity contribution >= 4 is 22.1 Å². The molecule has 3 heterocycles. The summed E-state index contributed by atoms with van der Waals surface area (Å²) in [5, 5.41) is 4.67. The molecular formula is C14H25N4O2S2+. The Morgan fingerprint density at radius 3 is 2.68 bits per heavy atom. The van der Waals surface area contributed by atoms with Crippen LogP contribution in [0.25, 0.3) is 0 Å². The van der Waals surface area contributed by atoms with Crippen LogP contribution in [-0.2, 0) is 30.0 Å². The summed E-state index contributed by atoms with van der Waals surface area (Å²) < 4.78 is 27.8. The van der Waals surface area contributed by atoms with Gasteiger partial charge >= 0.3 is 0 Å². The first-order valence-electron chi connectivity index (χ1n) is 8.11. The summed E-state index contributed by atoms with van der Waals surface area (Å²) >= 11 is 5.50. The number of rotatable bonds is 4. The van der Waals surface area contributed by atoms with E-state index in [1.54, 1.807) is 0 Å². The molecule has 8 heteroatoms. The topological polar surface area (TPSA) is 61.3 Å². The van der Waals surface area contributed by atoms with Crippen molar-refractivity contribution in [1.29, 1.82) is 0 Å². The van der Waals surface area contributed by atoms with Crippen LogP contribution in [0.3, 0.4) is 0 Å². The average Bonchev–Trinajstić information content (AvgIpc) is 2.95. The van der Waals surface area contributed by atoms with Crippen LogP contribution in [0.15, 0.2) is 0 Å². The second-order valence-electron chi connectivity index (χ2n) is 6.70. The van der Waals surface area contributed by atoms with Gasteiger partial charge in [-0.25, -0.2) is 8.42 Å². The van der Waals surface area contributed by atoms with Crippen LogP contribution >= 0.6 is 12.2 Å². The van der Waals surface area contributed by atoms with E-state index in [-0.39, 0.29) is 5.92 Å². The van der Waals surface area contributed by atoms with E-state index in [9.17, 15) is 8.42 Å². The molecule has 0 amide bonds. The lowest BCUT2D eigenvalue weighted by molar-refractivity contribution is -0.928.